The Morgan fingerprint density at radius 1 is 0.686 bits per heavy atom. The first-order chi connectivity index (χ1) is 33.4. The van der Waals surface area contributed by atoms with Gasteiger partial charge < -0.3 is 34.8 Å². The molecular formula is C47H55N15O8. The van der Waals surface area contributed by atoms with E-state index >= 15 is 0 Å². The van der Waals surface area contributed by atoms with Gasteiger partial charge in [-0.3, -0.25) is 49.2 Å². The van der Waals surface area contributed by atoms with E-state index in [0.717, 1.165) is 0 Å². The second-order valence-electron chi connectivity index (χ2n) is 16.9. The second kappa shape index (κ2) is 20.6. The molecule has 5 amide bonds. The van der Waals surface area contributed by atoms with E-state index in [1.165, 1.54) is 37.6 Å². The summed E-state index contributed by atoms with van der Waals surface area (Å²) in [6.07, 6.45) is 9.75. The number of allylic oxidation sites excluding steroid dienone is 3. The van der Waals surface area contributed by atoms with Gasteiger partial charge in [0.2, 0.25) is 23.7 Å². The Morgan fingerprint density at radius 3 is 1.67 bits per heavy atom. The van der Waals surface area contributed by atoms with Gasteiger partial charge in [-0.15, -0.1) is 0 Å². The lowest BCUT2D eigenvalue weighted by molar-refractivity contribution is 0.0635. The summed E-state index contributed by atoms with van der Waals surface area (Å²) in [4.78, 5) is 74.2. The summed E-state index contributed by atoms with van der Waals surface area (Å²) < 4.78 is 25.5. The van der Waals surface area contributed by atoms with Gasteiger partial charge in [-0.2, -0.15) is 15.3 Å². The van der Waals surface area contributed by atoms with Crippen LogP contribution in [-0.4, -0.2) is 97.5 Å². The zero-order valence-corrected chi connectivity index (χ0v) is 40.1. The number of hydrogen-bond donors (Lipinski definition) is 5. The highest BCUT2D eigenvalue weighted by molar-refractivity contribution is 6.05. The van der Waals surface area contributed by atoms with Gasteiger partial charge in [0.25, 0.3) is 11.8 Å². The van der Waals surface area contributed by atoms with Crippen molar-refractivity contribution in [2.24, 2.45) is 11.5 Å². The summed E-state index contributed by atoms with van der Waals surface area (Å²) in [7, 11) is 1.45. The number of benzene rings is 2. The number of aromatic nitrogens is 10. The molecule has 2 aromatic carbocycles. The van der Waals surface area contributed by atoms with Crippen LogP contribution in [0.2, 0.25) is 0 Å². The Balaban J connectivity index is 1.21. The number of ether oxygens (including phenoxy) is 3. The third-order valence-corrected chi connectivity index (χ3v) is 10.5. The molecule has 0 radical (unpaired) electrons. The van der Waals surface area contributed by atoms with Crippen molar-refractivity contribution in [3.63, 3.8) is 0 Å². The molecule has 0 aliphatic heterocycles. The number of fused-ring (bicyclic) bond motifs is 2. The maximum Gasteiger partial charge on any atom is 0.412 e. The Kier molecular flexibility index (Phi) is 14.5. The number of nitrogens with two attached hydrogens (primary N) is 2. The van der Waals surface area contributed by atoms with Gasteiger partial charge in [-0.05, 0) is 90.9 Å². The van der Waals surface area contributed by atoms with Crippen molar-refractivity contribution in [3.8, 4) is 11.5 Å². The van der Waals surface area contributed by atoms with Crippen LogP contribution in [0.15, 0.2) is 73.1 Å². The summed E-state index contributed by atoms with van der Waals surface area (Å²) in [6, 6.07) is 9.39. The zero-order valence-electron chi connectivity index (χ0n) is 40.1. The van der Waals surface area contributed by atoms with Crippen molar-refractivity contribution < 1.29 is 38.2 Å². The second-order valence-corrected chi connectivity index (χ2v) is 16.9. The number of rotatable bonds is 19. The third-order valence-electron chi connectivity index (χ3n) is 10.5. The quantitative estimate of drug-likeness (QED) is 0.0620. The molecule has 0 bridgehead atoms. The predicted octanol–water partition coefficient (Wildman–Crippen LogP) is 5.58. The van der Waals surface area contributed by atoms with Gasteiger partial charge in [0, 0.05) is 43.5 Å². The van der Waals surface area contributed by atoms with Gasteiger partial charge in [0.15, 0.2) is 0 Å². The van der Waals surface area contributed by atoms with Crippen molar-refractivity contribution in [1.82, 2.24) is 48.4 Å². The lowest BCUT2D eigenvalue weighted by atomic mass is 10.1. The summed E-state index contributed by atoms with van der Waals surface area (Å²) in [5.74, 6) is -1.51. The van der Waals surface area contributed by atoms with Crippen LogP contribution in [0.25, 0.3) is 22.1 Å². The van der Waals surface area contributed by atoms with Crippen molar-refractivity contribution in [3.05, 3.63) is 107 Å². The first kappa shape index (κ1) is 49.2. The topological polar surface area (TPSA) is 290 Å². The van der Waals surface area contributed by atoms with Crippen LogP contribution < -0.4 is 36.9 Å². The number of nitrogens with zero attached hydrogens (tertiary/aromatic N) is 10. The van der Waals surface area contributed by atoms with Crippen LogP contribution in [0, 0.1) is 13.8 Å². The molecule has 23 nitrogen and oxygen atoms in total. The number of primary amides is 2. The van der Waals surface area contributed by atoms with Crippen LogP contribution >= 0.6 is 0 Å². The molecule has 23 heteroatoms. The van der Waals surface area contributed by atoms with Crippen LogP contribution in [0.1, 0.15) is 87.7 Å². The van der Waals surface area contributed by atoms with Crippen molar-refractivity contribution >= 4 is 69.4 Å². The fourth-order valence-corrected chi connectivity index (χ4v) is 7.52. The summed E-state index contributed by atoms with van der Waals surface area (Å²) in [6.45, 7) is 14.1. The molecule has 7 N–H and O–H groups in total. The fraction of sp³-hybridized carbons (Fsp3) is 0.319. The standard InChI is InChI=1S/C47H55N15O8/c1-9-61-34(19-27(3)56-61)42(65)54-44-52-32-21-29(40(48)63)23-36(68-8)38(32)59(44)16-11-12-17-60-39-33(53-45(60)55-43(66)35-20-28(4)57-62(35)10-2)22-30(41(49)64)24-37(39)69-18-14-13-15-58-26-31(25-50-58)51-46(67)70-47(5,6)7/h11-14,19-26H,9-10,15-18H2,1-8H3,(H2,48,63)(H2,49,64)(H,51,67)(H,52,54,65)(H,53,55,66)/b12-11+,14-13+. The minimum atomic E-state index is -0.720. The predicted molar refractivity (Wildman–Crippen MR) is 260 cm³/mol. The van der Waals surface area contributed by atoms with Crippen molar-refractivity contribution in [1.29, 1.82) is 0 Å². The average molecular weight is 958 g/mol. The van der Waals surface area contributed by atoms with E-state index in [9.17, 15) is 24.0 Å². The zero-order chi connectivity index (χ0) is 50.4. The molecule has 70 heavy (non-hydrogen) atoms. The third kappa shape index (κ3) is 11.2. The fourth-order valence-electron chi connectivity index (χ4n) is 7.52. The van der Waals surface area contributed by atoms with Crippen LogP contribution in [0.5, 0.6) is 11.5 Å². The Bertz CT molecular complexity index is 3200. The Morgan fingerprint density at radius 2 is 1.19 bits per heavy atom. The molecule has 0 saturated heterocycles. The van der Waals surface area contributed by atoms with Crippen molar-refractivity contribution in [2.45, 2.75) is 86.8 Å². The summed E-state index contributed by atoms with van der Waals surface area (Å²) in [5, 5.41) is 21.6. The van der Waals surface area contributed by atoms with E-state index in [4.69, 9.17) is 35.6 Å². The molecule has 366 valence electrons. The monoisotopic (exact) mass is 957 g/mol. The minimum Gasteiger partial charge on any atom is -0.494 e. The summed E-state index contributed by atoms with van der Waals surface area (Å²) >= 11 is 0. The maximum absolute atomic E-state index is 13.9. The first-order valence-corrected chi connectivity index (χ1v) is 22.2. The molecular weight excluding hydrogens is 903 g/mol. The highest BCUT2D eigenvalue weighted by atomic mass is 16.6. The van der Waals surface area contributed by atoms with E-state index in [1.807, 2.05) is 32.1 Å². The normalized spacial score (nSPS) is 11.8. The molecule has 5 aromatic heterocycles. The van der Waals surface area contributed by atoms with Gasteiger partial charge in [0.05, 0.1) is 48.0 Å². The van der Waals surface area contributed by atoms with Gasteiger partial charge >= 0.3 is 6.09 Å². The number of anilines is 3. The highest BCUT2D eigenvalue weighted by Gasteiger charge is 2.24. The molecule has 0 saturated carbocycles. The largest absolute Gasteiger partial charge is 0.494 e. The maximum atomic E-state index is 13.9. The smallest absolute Gasteiger partial charge is 0.412 e. The SMILES string of the molecule is CCn1nc(C)cc1C(=O)Nc1nc2cc(C(N)=O)cc(OC)c2n1C/C=C/Cn1c(NC(=O)c2cc(C)nn2CC)nc2cc(C(N)=O)cc(OC/C=C/Cn3cc(NC(=O)OC(C)(C)C)cn3)c21. The number of amides is 5. The number of imidazole rings is 2. The average Bonchev–Trinajstić information content (AvgIpc) is 4.14. The first-order valence-electron chi connectivity index (χ1n) is 22.2. The molecule has 0 atom stereocenters. The molecule has 0 fully saturated rings. The van der Waals surface area contributed by atoms with Crippen LogP contribution in [-0.2, 0) is 37.5 Å². The number of carbonyl (C=O) groups excluding carboxylic acids is 5. The Hall–Kier alpha value is -8.76. The molecule has 7 rings (SSSR count). The van der Waals surface area contributed by atoms with Crippen LogP contribution in [0.4, 0.5) is 22.4 Å². The number of aryl methyl sites for hydroxylation is 4. The van der Waals surface area contributed by atoms with Crippen LogP contribution in [0.3, 0.4) is 0 Å². The van der Waals surface area contributed by atoms with Gasteiger partial charge in [0.1, 0.15) is 46.1 Å². The lowest BCUT2D eigenvalue weighted by Crippen LogP contribution is -2.27. The highest BCUT2D eigenvalue weighted by Crippen LogP contribution is 2.33. The number of methoxy groups -OCH3 is 1. The number of hydrogen-bond acceptors (Lipinski definition) is 13. The molecule has 7 aromatic rings. The van der Waals surface area contributed by atoms with E-state index in [2.05, 4.69) is 31.2 Å². The molecule has 0 aliphatic carbocycles. The van der Waals surface area contributed by atoms with E-state index in [1.54, 1.807) is 82.2 Å². The lowest BCUT2D eigenvalue weighted by Gasteiger charge is -2.19. The number of nitrogens with one attached hydrogen (secondary N) is 3. The van der Waals surface area contributed by atoms with E-state index in [0.29, 0.717) is 75.9 Å². The van der Waals surface area contributed by atoms with Gasteiger partial charge in [-0.1, -0.05) is 18.2 Å². The molecule has 0 spiro atoms. The van der Waals surface area contributed by atoms with E-state index in [-0.39, 0.29) is 48.5 Å². The summed E-state index contributed by atoms with van der Waals surface area (Å²) in [5.41, 5.74) is 15.0. The van der Waals surface area contributed by atoms with E-state index < -0.39 is 35.3 Å². The molecule has 5 heterocycles. The van der Waals surface area contributed by atoms with Gasteiger partial charge in [-0.25, -0.2) is 14.8 Å². The molecule has 0 unspecified atom stereocenters. The van der Waals surface area contributed by atoms with Crippen molar-refractivity contribution in [2.75, 3.05) is 29.7 Å². The minimum absolute atomic E-state index is 0.0411. The Labute approximate surface area is 401 Å². The number of carbonyl (C=O) groups is 5. The molecule has 0 aliphatic rings.